The van der Waals surface area contributed by atoms with E-state index >= 15 is 0 Å². The SMILES string of the molecule is CCNc1ncnc(Sc2cccc(Cl)c2)c1CC. The number of anilines is 1. The second-order valence-electron chi connectivity index (χ2n) is 3.95. The summed E-state index contributed by atoms with van der Waals surface area (Å²) in [7, 11) is 0. The molecule has 0 amide bonds. The summed E-state index contributed by atoms with van der Waals surface area (Å²) in [5.74, 6) is 0.921. The molecule has 1 N–H and O–H groups in total. The highest BCUT2D eigenvalue weighted by Crippen LogP contribution is 2.32. The zero-order chi connectivity index (χ0) is 13.7. The minimum atomic E-state index is 0.740. The fraction of sp³-hybridized carbons (Fsp3) is 0.286. The van der Waals surface area contributed by atoms with Gasteiger partial charge in [0.25, 0.3) is 0 Å². The quantitative estimate of drug-likeness (QED) is 0.835. The standard InChI is InChI=1S/C14H16ClN3S/c1-3-12-13(16-4-2)17-9-18-14(12)19-11-7-5-6-10(15)8-11/h5-9H,3-4H2,1-2H3,(H,16,17,18). The van der Waals surface area contributed by atoms with Crippen LogP contribution in [0, 0.1) is 0 Å². The van der Waals surface area contributed by atoms with Crippen LogP contribution in [0.2, 0.25) is 5.02 Å². The number of hydrogen-bond acceptors (Lipinski definition) is 4. The molecular weight excluding hydrogens is 278 g/mol. The summed E-state index contributed by atoms with van der Waals surface area (Å²) in [4.78, 5) is 9.77. The fourth-order valence-corrected chi connectivity index (χ4v) is 3.04. The Labute approximate surface area is 122 Å². The van der Waals surface area contributed by atoms with Crippen LogP contribution >= 0.6 is 23.4 Å². The molecule has 0 saturated heterocycles. The third-order valence-electron chi connectivity index (χ3n) is 2.61. The van der Waals surface area contributed by atoms with Crippen LogP contribution < -0.4 is 5.32 Å². The molecule has 0 unspecified atom stereocenters. The molecule has 0 radical (unpaired) electrons. The van der Waals surface area contributed by atoms with Gasteiger partial charge in [0.15, 0.2) is 0 Å². The van der Waals surface area contributed by atoms with E-state index in [1.807, 2.05) is 24.3 Å². The summed E-state index contributed by atoms with van der Waals surface area (Å²) >= 11 is 7.62. The molecule has 0 atom stereocenters. The Morgan fingerprint density at radius 3 is 2.79 bits per heavy atom. The van der Waals surface area contributed by atoms with Crippen molar-refractivity contribution in [1.82, 2.24) is 9.97 Å². The fourth-order valence-electron chi connectivity index (χ4n) is 1.76. The molecule has 0 aliphatic rings. The Balaban J connectivity index is 2.31. The summed E-state index contributed by atoms with van der Waals surface area (Å²) in [5, 5.41) is 5.00. The summed E-state index contributed by atoms with van der Waals surface area (Å²) in [6, 6.07) is 7.80. The lowest BCUT2D eigenvalue weighted by Crippen LogP contribution is -2.05. The van der Waals surface area contributed by atoms with E-state index in [0.29, 0.717) is 0 Å². The zero-order valence-electron chi connectivity index (χ0n) is 11.0. The van der Waals surface area contributed by atoms with Crippen molar-refractivity contribution in [3.8, 4) is 0 Å². The first kappa shape index (κ1) is 14.2. The second kappa shape index (κ2) is 6.78. The summed E-state index contributed by atoms with van der Waals surface area (Å²) in [6.07, 6.45) is 2.50. The van der Waals surface area contributed by atoms with Crippen molar-refractivity contribution in [3.05, 3.63) is 41.2 Å². The lowest BCUT2D eigenvalue weighted by molar-refractivity contribution is 0.937. The van der Waals surface area contributed by atoms with E-state index < -0.39 is 0 Å². The van der Waals surface area contributed by atoms with Gasteiger partial charge in [-0.2, -0.15) is 0 Å². The van der Waals surface area contributed by atoms with Gasteiger partial charge in [0.05, 0.1) is 0 Å². The highest BCUT2D eigenvalue weighted by Gasteiger charge is 2.10. The number of halogens is 1. The van der Waals surface area contributed by atoms with Gasteiger partial charge in [0.1, 0.15) is 17.2 Å². The summed E-state index contributed by atoms with van der Waals surface area (Å²) in [5.41, 5.74) is 1.15. The minimum absolute atomic E-state index is 0.740. The van der Waals surface area contributed by atoms with E-state index in [1.54, 1.807) is 18.1 Å². The molecule has 19 heavy (non-hydrogen) atoms. The van der Waals surface area contributed by atoms with E-state index in [1.165, 1.54) is 0 Å². The first-order chi connectivity index (χ1) is 9.24. The van der Waals surface area contributed by atoms with Gasteiger partial charge in [-0.15, -0.1) is 0 Å². The van der Waals surface area contributed by atoms with Crippen molar-refractivity contribution >= 4 is 29.2 Å². The molecule has 0 saturated carbocycles. The second-order valence-corrected chi connectivity index (χ2v) is 5.45. The third kappa shape index (κ3) is 3.61. The molecule has 3 nitrogen and oxygen atoms in total. The highest BCUT2D eigenvalue weighted by atomic mass is 35.5. The molecule has 1 aromatic carbocycles. The van der Waals surface area contributed by atoms with Crippen LogP contribution in [0.3, 0.4) is 0 Å². The number of aromatic nitrogens is 2. The number of nitrogens with zero attached hydrogens (tertiary/aromatic N) is 2. The van der Waals surface area contributed by atoms with Crippen molar-refractivity contribution in [2.45, 2.75) is 30.2 Å². The number of benzene rings is 1. The van der Waals surface area contributed by atoms with Gasteiger partial charge in [0, 0.05) is 22.0 Å². The summed E-state index contributed by atoms with van der Waals surface area (Å²) in [6.45, 7) is 5.03. The molecule has 0 spiro atoms. The first-order valence-corrected chi connectivity index (χ1v) is 7.45. The Morgan fingerprint density at radius 2 is 2.11 bits per heavy atom. The molecule has 0 aliphatic heterocycles. The van der Waals surface area contributed by atoms with Crippen molar-refractivity contribution in [1.29, 1.82) is 0 Å². The highest BCUT2D eigenvalue weighted by molar-refractivity contribution is 7.99. The van der Waals surface area contributed by atoms with Gasteiger partial charge in [-0.25, -0.2) is 9.97 Å². The number of hydrogen-bond donors (Lipinski definition) is 1. The Bertz CT molecular complexity index is 560. The van der Waals surface area contributed by atoms with E-state index in [-0.39, 0.29) is 0 Å². The van der Waals surface area contributed by atoms with Crippen molar-refractivity contribution in [2.75, 3.05) is 11.9 Å². The van der Waals surface area contributed by atoms with Crippen molar-refractivity contribution in [2.24, 2.45) is 0 Å². The van der Waals surface area contributed by atoms with Crippen LogP contribution in [0.4, 0.5) is 5.82 Å². The lowest BCUT2D eigenvalue weighted by Gasteiger charge is -2.11. The monoisotopic (exact) mass is 293 g/mol. The van der Waals surface area contributed by atoms with E-state index in [2.05, 4.69) is 29.1 Å². The van der Waals surface area contributed by atoms with Gasteiger partial charge in [-0.05, 0) is 31.5 Å². The smallest absolute Gasteiger partial charge is 0.133 e. The minimum Gasteiger partial charge on any atom is -0.370 e. The number of nitrogens with one attached hydrogen (secondary N) is 1. The average Bonchev–Trinajstić information content (AvgIpc) is 2.39. The van der Waals surface area contributed by atoms with Crippen LogP contribution in [-0.4, -0.2) is 16.5 Å². The third-order valence-corrected chi connectivity index (χ3v) is 3.88. The maximum absolute atomic E-state index is 6.01. The Hall–Kier alpha value is -1.26. The maximum Gasteiger partial charge on any atom is 0.133 e. The molecule has 0 bridgehead atoms. The number of rotatable bonds is 5. The lowest BCUT2D eigenvalue weighted by atomic mass is 10.2. The van der Waals surface area contributed by atoms with Crippen molar-refractivity contribution in [3.63, 3.8) is 0 Å². The van der Waals surface area contributed by atoms with Crippen LogP contribution in [-0.2, 0) is 6.42 Å². The summed E-state index contributed by atoms with van der Waals surface area (Å²) < 4.78 is 0. The van der Waals surface area contributed by atoms with Crippen LogP contribution in [0.1, 0.15) is 19.4 Å². The normalized spacial score (nSPS) is 10.5. The van der Waals surface area contributed by atoms with Gasteiger partial charge in [-0.3, -0.25) is 0 Å². The van der Waals surface area contributed by atoms with E-state index in [9.17, 15) is 0 Å². The van der Waals surface area contributed by atoms with Crippen molar-refractivity contribution < 1.29 is 0 Å². The van der Waals surface area contributed by atoms with Gasteiger partial charge in [0.2, 0.25) is 0 Å². The predicted octanol–water partition coefficient (Wildman–Crippen LogP) is 4.28. The van der Waals surface area contributed by atoms with Gasteiger partial charge in [-0.1, -0.05) is 36.4 Å². The van der Waals surface area contributed by atoms with Gasteiger partial charge >= 0.3 is 0 Å². The molecule has 1 aromatic heterocycles. The largest absolute Gasteiger partial charge is 0.370 e. The molecule has 5 heteroatoms. The Kier molecular flexibility index (Phi) is 5.05. The maximum atomic E-state index is 6.01. The zero-order valence-corrected chi connectivity index (χ0v) is 12.6. The average molecular weight is 294 g/mol. The molecule has 100 valence electrons. The van der Waals surface area contributed by atoms with E-state index in [4.69, 9.17) is 11.6 Å². The molecule has 0 aliphatic carbocycles. The van der Waals surface area contributed by atoms with Crippen LogP contribution in [0.5, 0.6) is 0 Å². The van der Waals surface area contributed by atoms with Crippen LogP contribution in [0.25, 0.3) is 0 Å². The molecular formula is C14H16ClN3S. The topological polar surface area (TPSA) is 37.8 Å². The van der Waals surface area contributed by atoms with Gasteiger partial charge < -0.3 is 5.32 Å². The molecule has 2 aromatic rings. The molecule has 2 rings (SSSR count). The van der Waals surface area contributed by atoms with Crippen LogP contribution in [0.15, 0.2) is 40.5 Å². The molecule has 0 fully saturated rings. The first-order valence-electron chi connectivity index (χ1n) is 6.25. The van der Waals surface area contributed by atoms with E-state index in [0.717, 1.165) is 39.3 Å². The Morgan fingerprint density at radius 1 is 1.26 bits per heavy atom. The molecule has 1 heterocycles. The predicted molar refractivity (Wildman–Crippen MR) is 81.1 cm³/mol.